The molecular weight excluding hydrogens is 458 g/mol. The number of hydrogen-bond donors (Lipinski definition) is 2. The van der Waals surface area contributed by atoms with Crippen LogP contribution in [0.5, 0.6) is 5.75 Å². The number of halogens is 2. The summed E-state index contributed by atoms with van der Waals surface area (Å²) < 4.78 is 0.162. The van der Waals surface area contributed by atoms with Crippen LogP contribution in [0.1, 0.15) is 11.1 Å². The minimum atomic E-state index is -0.696. The third kappa shape index (κ3) is 4.15. The molecule has 138 valence electrons. The maximum atomic E-state index is 12.2. The third-order valence-corrected chi connectivity index (χ3v) is 5.60. The summed E-state index contributed by atoms with van der Waals surface area (Å²) >= 11 is 10.3. The van der Waals surface area contributed by atoms with Crippen LogP contribution in [0.2, 0.25) is 5.02 Å². The number of nitro benzene ring substituents is 1. The van der Waals surface area contributed by atoms with Gasteiger partial charge in [-0.1, -0.05) is 17.7 Å². The fraction of sp³-hybridized carbons (Fsp3) is 0.0588. The first kappa shape index (κ1) is 19.4. The molecule has 0 saturated carbocycles. The van der Waals surface area contributed by atoms with E-state index in [0.29, 0.717) is 26.3 Å². The van der Waals surface area contributed by atoms with Crippen molar-refractivity contribution in [3.63, 3.8) is 0 Å². The van der Waals surface area contributed by atoms with E-state index >= 15 is 0 Å². The average molecular weight is 469 g/mol. The molecule has 1 saturated heterocycles. The quantitative estimate of drug-likeness (QED) is 0.378. The summed E-state index contributed by atoms with van der Waals surface area (Å²) in [5.74, 6) is -0.838. The number of phenolic OH excluding ortho intramolecular Hbond substituents is 1. The van der Waals surface area contributed by atoms with Crippen LogP contribution >= 0.6 is 39.3 Å². The Morgan fingerprint density at radius 1 is 1.41 bits per heavy atom. The van der Waals surface area contributed by atoms with E-state index in [0.717, 1.165) is 17.3 Å². The van der Waals surface area contributed by atoms with Crippen LogP contribution in [0.3, 0.4) is 0 Å². The van der Waals surface area contributed by atoms with Gasteiger partial charge in [0, 0.05) is 11.1 Å². The number of aromatic hydroxyl groups is 1. The summed E-state index contributed by atoms with van der Waals surface area (Å²) in [5.41, 5.74) is 1.36. The Labute approximate surface area is 171 Å². The predicted molar refractivity (Wildman–Crippen MR) is 109 cm³/mol. The van der Waals surface area contributed by atoms with Gasteiger partial charge in [0.1, 0.15) is 0 Å². The van der Waals surface area contributed by atoms with Crippen molar-refractivity contribution in [2.45, 2.75) is 6.92 Å². The number of phenols is 1. The second-order valence-electron chi connectivity index (χ2n) is 5.49. The van der Waals surface area contributed by atoms with E-state index in [1.165, 1.54) is 18.2 Å². The van der Waals surface area contributed by atoms with E-state index in [9.17, 15) is 20.0 Å². The number of carbonyl (C=O) groups excluding carboxylic acids is 1. The Hall–Kier alpha value is -2.36. The third-order valence-electron chi connectivity index (χ3n) is 3.67. The lowest BCUT2D eigenvalue weighted by molar-refractivity contribution is -0.386. The molecule has 1 fully saturated rings. The zero-order chi connectivity index (χ0) is 19.7. The lowest BCUT2D eigenvalue weighted by atomic mass is 10.1. The maximum Gasteiger partial charge on any atom is 0.312 e. The van der Waals surface area contributed by atoms with Gasteiger partial charge < -0.3 is 10.4 Å². The van der Waals surface area contributed by atoms with Gasteiger partial charge in [-0.2, -0.15) is 0 Å². The van der Waals surface area contributed by atoms with Gasteiger partial charge in [-0.3, -0.25) is 14.9 Å². The molecule has 7 nitrogen and oxygen atoms in total. The Bertz CT molecular complexity index is 1040. The van der Waals surface area contributed by atoms with Gasteiger partial charge >= 0.3 is 5.69 Å². The van der Waals surface area contributed by atoms with Gasteiger partial charge in [-0.15, -0.1) is 0 Å². The largest absolute Gasteiger partial charge is 0.501 e. The molecule has 2 N–H and O–H groups in total. The van der Waals surface area contributed by atoms with Crippen molar-refractivity contribution in [3.05, 3.63) is 66.0 Å². The molecule has 0 radical (unpaired) electrons. The number of amidine groups is 1. The zero-order valence-electron chi connectivity index (χ0n) is 13.7. The van der Waals surface area contributed by atoms with Gasteiger partial charge in [0.15, 0.2) is 5.17 Å². The van der Waals surface area contributed by atoms with Crippen LogP contribution in [0.15, 0.2) is 44.7 Å². The lowest BCUT2D eigenvalue weighted by Gasteiger charge is -2.02. The molecule has 1 heterocycles. The molecule has 1 amide bonds. The maximum absolute atomic E-state index is 12.2. The number of nitro groups is 1. The van der Waals surface area contributed by atoms with E-state index in [4.69, 9.17) is 11.6 Å². The van der Waals surface area contributed by atoms with Crippen LogP contribution in [-0.4, -0.2) is 21.1 Å². The minimum Gasteiger partial charge on any atom is -0.501 e. The van der Waals surface area contributed by atoms with Gasteiger partial charge in [0.25, 0.3) is 5.91 Å². The summed E-state index contributed by atoms with van der Waals surface area (Å²) in [7, 11) is 0. The highest BCUT2D eigenvalue weighted by molar-refractivity contribution is 9.10. The Kier molecular flexibility index (Phi) is 5.54. The Morgan fingerprint density at radius 3 is 2.85 bits per heavy atom. The minimum absolute atomic E-state index is 0.162. The molecule has 27 heavy (non-hydrogen) atoms. The highest BCUT2D eigenvalue weighted by Gasteiger charge is 2.25. The second-order valence-corrected chi connectivity index (χ2v) is 7.79. The first-order valence-corrected chi connectivity index (χ1v) is 9.46. The van der Waals surface area contributed by atoms with Gasteiger partial charge in [-0.25, -0.2) is 4.99 Å². The topological polar surface area (TPSA) is 105 Å². The van der Waals surface area contributed by atoms with E-state index in [2.05, 4.69) is 26.2 Å². The SMILES string of the molecule is Cc1c(Cl)cccc1N=C1NC(=O)/C(=C\c2cc(Br)c(O)c([N+](=O)[O-])c2)S1. The van der Waals surface area contributed by atoms with Crippen molar-refractivity contribution in [3.8, 4) is 5.75 Å². The zero-order valence-corrected chi connectivity index (χ0v) is 16.9. The monoisotopic (exact) mass is 467 g/mol. The molecule has 1 aliphatic heterocycles. The molecule has 10 heteroatoms. The Balaban J connectivity index is 1.93. The molecule has 3 rings (SSSR count). The number of carbonyl (C=O) groups is 1. The average Bonchev–Trinajstić information content (AvgIpc) is 2.94. The molecule has 2 aromatic carbocycles. The number of aliphatic imine (C=N–C) groups is 1. The molecule has 2 aromatic rings. The first-order valence-electron chi connectivity index (χ1n) is 7.48. The van der Waals surface area contributed by atoms with Gasteiger partial charge in [0.05, 0.1) is 20.0 Å². The molecule has 1 aliphatic rings. The number of rotatable bonds is 3. The van der Waals surface area contributed by atoms with Gasteiger partial charge in [-0.05, 0) is 70.0 Å². The van der Waals surface area contributed by atoms with Crippen LogP contribution in [-0.2, 0) is 4.79 Å². The second kappa shape index (κ2) is 7.71. The van der Waals surface area contributed by atoms with Crippen molar-refractivity contribution in [1.29, 1.82) is 0 Å². The van der Waals surface area contributed by atoms with Crippen molar-refractivity contribution >= 4 is 67.8 Å². The first-order chi connectivity index (χ1) is 12.8. The molecule has 0 atom stereocenters. The summed E-state index contributed by atoms with van der Waals surface area (Å²) in [6.45, 7) is 1.83. The normalized spacial score (nSPS) is 16.8. The standard InChI is InChI=1S/C17H11BrClN3O4S/c1-8-11(19)3-2-4-12(8)20-17-21-16(24)14(27-17)7-9-5-10(18)15(23)13(6-9)22(25)26/h2-7,23H,1H3,(H,20,21,24)/b14-7+. The highest BCUT2D eigenvalue weighted by Crippen LogP contribution is 2.37. The summed E-state index contributed by atoms with van der Waals surface area (Å²) in [5, 5.41) is 24.4. The highest BCUT2D eigenvalue weighted by atomic mass is 79.9. The van der Waals surface area contributed by atoms with Crippen molar-refractivity contribution in [2.75, 3.05) is 0 Å². The number of nitrogens with one attached hydrogen (secondary N) is 1. The van der Waals surface area contributed by atoms with E-state index < -0.39 is 16.4 Å². The van der Waals surface area contributed by atoms with Crippen LogP contribution in [0, 0.1) is 17.0 Å². The number of benzene rings is 2. The van der Waals surface area contributed by atoms with Crippen molar-refractivity contribution in [1.82, 2.24) is 5.32 Å². The predicted octanol–water partition coefficient (Wildman–Crippen LogP) is 4.92. The van der Waals surface area contributed by atoms with Crippen LogP contribution in [0.25, 0.3) is 6.08 Å². The number of hydrogen-bond acceptors (Lipinski definition) is 6. The molecule has 0 spiro atoms. The van der Waals surface area contributed by atoms with E-state index in [1.807, 2.05) is 6.92 Å². The molecule has 0 unspecified atom stereocenters. The number of nitrogens with zero attached hydrogens (tertiary/aromatic N) is 2. The molecule has 0 bridgehead atoms. The number of amides is 1. The fourth-order valence-corrected chi connectivity index (χ4v) is 3.76. The summed E-state index contributed by atoms with van der Waals surface area (Å²) in [6.07, 6.45) is 1.49. The van der Waals surface area contributed by atoms with E-state index in [-0.39, 0.29) is 10.4 Å². The molecule has 0 aromatic heterocycles. The molecular formula is C17H11BrClN3O4S. The van der Waals surface area contributed by atoms with Crippen LogP contribution in [0.4, 0.5) is 11.4 Å². The van der Waals surface area contributed by atoms with Crippen molar-refractivity contribution < 1.29 is 14.8 Å². The fourth-order valence-electron chi connectivity index (χ4n) is 2.29. The van der Waals surface area contributed by atoms with Gasteiger partial charge in [0.2, 0.25) is 5.75 Å². The van der Waals surface area contributed by atoms with Crippen LogP contribution < -0.4 is 5.32 Å². The summed E-state index contributed by atoms with van der Waals surface area (Å²) in [4.78, 5) is 27.3. The van der Waals surface area contributed by atoms with Crippen molar-refractivity contribution in [2.24, 2.45) is 4.99 Å². The molecule has 0 aliphatic carbocycles. The smallest absolute Gasteiger partial charge is 0.312 e. The lowest BCUT2D eigenvalue weighted by Crippen LogP contribution is -2.19. The Morgan fingerprint density at radius 2 is 2.15 bits per heavy atom. The number of thioether (sulfide) groups is 1. The summed E-state index contributed by atoms with van der Waals surface area (Å²) in [6, 6.07) is 7.97. The van der Waals surface area contributed by atoms with E-state index in [1.54, 1.807) is 18.2 Å².